The molecule has 0 aliphatic rings. The van der Waals surface area contributed by atoms with Gasteiger partial charge in [0.2, 0.25) is 5.91 Å². The van der Waals surface area contributed by atoms with Gasteiger partial charge in [-0.15, -0.1) is 11.3 Å². The number of amides is 2. The fourth-order valence-electron chi connectivity index (χ4n) is 1.74. The summed E-state index contributed by atoms with van der Waals surface area (Å²) < 4.78 is 0. The number of benzene rings is 1. The van der Waals surface area contributed by atoms with Gasteiger partial charge in [0.15, 0.2) is 0 Å². The van der Waals surface area contributed by atoms with Crippen LogP contribution in [-0.2, 0) is 11.3 Å². The second-order valence-corrected chi connectivity index (χ2v) is 7.07. The number of hydrogen-bond acceptors (Lipinski definition) is 4. The second-order valence-electron chi connectivity index (χ2n) is 5.63. The Hall–Kier alpha value is -1.89. The predicted molar refractivity (Wildman–Crippen MR) is 93.8 cm³/mol. The van der Waals surface area contributed by atoms with Crippen LogP contribution < -0.4 is 16.4 Å². The van der Waals surface area contributed by atoms with Crippen molar-refractivity contribution in [3.8, 4) is 0 Å². The zero-order valence-electron chi connectivity index (χ0n) is 12.9. The Bertz CT molecular complexity index is 709. The first-order valence-electron chi connectivity index (χ1n) is 6.98. The van der Waals surface area contributed by atoms with Crippen LogP contribution in [0.15, 0.2) is 35.7 Å². The average Bonchev–Trinajstić information content (AvgIpc) is 2.99. The highest BCUT2D eigenvalue weighted by atomic mass is 35.5. The molecule has 0 saturated heterocycles. The van der Waals surface area contributed by atoms with Gasteiger partial charge in [-0.05, 0) is 43.5 Å². The highest BCUT2D eigenvalue weighted by Gasteiger charge is 2.22. The van der Waals surface area contributed by atoms with Crippen molar-refractivity contribution in [3.05, 3.63) is 51.2 Å². The third-order valence-corrected chi connectivity index (χ3v) is 4.26. The zero-order valence-corrected chi connectivity index (χ0v) is 14.4. The molecule has 2 amide bonds. The minimum Gasteiger partial charge on any atom is -0.347 e. The van der Waals surface area contributed by atoms with Crippen molar-refractivity contribution in [3.63, 3.8) is 0 Å². The van der Waals surface area contributed by atoms with E-state index in [9.17, 15) is 9.59 Å². The fraction of sp³-hybridized carbons (Fsp3) is 0.250. The van der Waals surface area contributed by atoms with Crippen molar-refractivity contribution >= 4 is 40.4 Å². The molecule has 7 heteroatoms. The van der Waals surface area contributed by atoms with E-state index in [1.54, 1.807) is 37.3 Å². The largest absolute Gasteiger partial charge is 0.347 e. The van der Waals surface area contributed by atoms with Crippen LogP contribution in [0.5, 0.6) is 0 Å². The van der Waals surface area contributed by atoms with Crippen LogP contribution in [0.2, 0.25) is 5.02 Å². The number of hydrogen-bond donors (Lipinski definition) is 3. The third-order valence-electron chi connectivity index (χ3n) is 3.06. The molecule has 122 valence electrons. The van der Waals surface area contributed by atoms with Crippen LogP contribution in [-0.4, -0.2) is 17.4 Å². The monoisotopic (exact) mass is 351 g/mol. The molecule has 0 bridgehead atoms. The number of nitrogens with one attached hydrogen (secondary N) is 2. The van der Waals surface area contributed by atoms with Crippen LogP contribution in [0, 0.1) is 0 Å². The Morgan fingerprint density at radius 1 is 1.30 bits per heavy atom. The summed E-state index contributed by atoms with van der Waals surface area (Å²) in [6.45, 7) is 3.64. The quantitative estimate of drug-likeness (QED) is 0.774. The van der Waals surface area contributed by atoms with E-state index in [0.29, 0.717) is 22.8 Å². The Balaban J connectivity index is 2.10. The topological polar surface area (TPSA) is 84.2 Å². The molecule has 1 heterocycles. The molecule has 0 aliphatic heterocycles. The van der Waals surface area contributed by atoms with Crippen molar-refractivity contribution in [1.82, 2.24) is 5.32 Å². The summed E-state index contributed by atoms with van der Waals surface area (Å²) in [4.78, 5) is 25.2. The number of rotatable bonds is 5. The van der Waals surface area contributed by atoms with E-state index < -0.39 is 5.54 Å². The van der Waals surface area contributed by atoms with Crippen molar-refractivity contribution in [2.45, 2.75) is 25.9 Å². The maximum atomic E-state index is 12.3. The predicted octanol–water partition coefficient (Wildman–Crippen LogP) is 3.01. The molecule has 0 fully saturated rings. The maximum absolute atomic E-state index is 12.3. The summed E-state index contributed by atoms with van der Waals surface area (Å²) in [5, 5.41) is 7.74. The molecule has 0 aliphatic carbocycles. The lowest BCUT2D eigenvalue weighted by atomic mass is 10.1. The SMILES string of the molecule is CC(C)(N)C(=O)Nc1ccc(Cl)c(C(=O)NCc2cccs2)c1. The Kier molecular flexibility index (Phi) is 5.41. The summed E-state index contributed by atoms with van der Waals surface area (Å²) >= 11 is 7.64. The Morgan fingerprint density at radius 3 is 2.65 bits per heavy atom. The van der Waals surface area contributed by atoms with E-state index in [-0.39, 0.29) is 11.8 Å². The lowest BCUT2D eigenvalue weighted by Gasteiger charge is -2.18. The van der Waals surface area contributed by atoms with Gasteiger partial charge in [-0.2, -0.15) is 0 Å². The van der Waals surface area contributed by atoms with E-state index in [2.05, 4.69) is 10.6 Å². The van der Waals surface area contributed by atoms with Gasteiger partial charge in [-0.1, -0.05) is 17.7 Å². The molecular formula is C16H18ClN3O2S. The van der Waals surface area contributed by atoms with Gasteiger partial charge in [0.25, 0.3) is 5.91 Å². The van der Waals surface area contributed by atoms with E-state index in [0.717, 1.165) is 4.88 Å². The molecule has 0 atom stereocenters. The van der Waals surface area contributed by atoms with E-state index in [1.165, 1.54) is 6.07 Å². The first-order valence-corrected chi connectivity index (χ1v) is 8.23. The third kappa shape index (κ3) is 4.79. The molecule has 23 heavy (non-hydrogen) atoms. The average molecular weight is 352 g/mol. The maximum Gasteiger partial charge on any atom is 0.253 e. The van der Waals surface area contributed by atoms with Crippen molar-refractivity contribution in [2.75, 3.05) is 5.32 Å². The summed E-state index contributed by atoms with van der Waals surface area (Å²) in [5.41, 5.74) is 5.50. The van der Waals surface area contributed by atoms with Gasteiger partial charge in [-0.3, -0.25) is 9.59 Å². The smallest absolute Gasteiger partial charge is 0.253 e. The minimum atomic E-state index is -1.01. The highest BCUT2D eigenvalue weighted by molar-refractivity contribution is 7.09. The standard InChI is InChI=1S/C16H18ClN3O2S/c1-16(2,18)15(22)20-10-5-6-13(17)12(8-10)14(21)19-9-11-4-3-7-23-11/h3-8H,9,18H2,1-2H3,(H,19,21)(H,20,22). The van der Waals surface area contributed by atoms with Crippen molar-refractivity contribution < 1.29 is 9.59 Å². The van der Waals surface area contributed by atoms with Crippen LogP contribution in [0.1, 0.15) is 29.1 Å². The van der Waals surface area contributed by atoms with Gasteiger partial charge in [-0.25, -0.2) is 0 Å². The number of nitrogens with two attached hydrogens (primary N) is 1. The first kappa shape index (κ1) is 17.5. The minimum absolute atomic E-state index is 0.300. The molecule has 0 spiro atoms. The number of halogens is 1. The molecule has 2 rings (SSSR count). The lowest BCUT2D eigenvalue weighted by molar-refractivity contribution is -0.120. The molecule has 4 N–H and O–H groups in total. The van der Waals surface area contributed by atoms with E-state index >= 15 is 0 Å². The van der Waals surface area contributed by atoms with Gasteiger partial charge in [0, 0.05) is 10.6 Å². The van der Waals surface area contributed by atoms with Gasteiger partial charge < -0.3 is 16.4 Å². The number of anilines is 1. The van der Waals surface area contributed by atoms with Crippen LogP contribution >= 0.6 is 22.9 Å². The molecule has 5 nitrogen and oxygen atoms in total. The molecule has 0 saturated carbocycles. The number of carbonyl (C=O) groups is 2. The van der Waals surface area contributed by atoms with Gasteiger partial charge >= 0.3 is 0 Å². The number of carbonyl (C=O) groups excluding carboxylic acids is 2. The van der Waals surface area contributed by atoms with E-state index in [4.69, 9.17) is 17.3 Å². The Labute approximate surface area is 143 Å². The van der Waals surface area contributed by atoms with Gasteiger partial charge in [0.1, 0.15) is 0 Å². The second kappa shape index (κ2) is 7.12. The first-order chi connectivity index (χ1) is 10.8. The molecule has 0 radical (unpaired) electrons. The fourth-order valence-corrected chi connectivity index (χ4v) is 2.59. The molecule has 1 aromatic heterocycles. The summed E-state index contributed by atoms with van der Waals surface area (Å²) in [6.07, 6.45) is 0. The molecular weight excluding hydrogens is 334 g/mol. The van der Waals surface area contributed by atoms with Crippen LogP contribution in [0.3, 0.4) is 0 Å². The lowest BCUT2D eigenvalue weighted by Crippen LogP contribution is -2.45. The van der Waals surface area contributed by atoms with E-state index in [1.807, 2.05) is 17.5 Å². The normalized spacial score (nSPS) is 11.1. The molecule has 1 aromatic carbocycles. The van der Waals surface area contributed by atoms with Gasteiger partial charge in [0.05, 0.1) is 22.7 Å². The molecule has 0 unspecified atom stereocenters. The van der Waals surface area contributed by atoms with Crippen molar-refractivity contribution in [1.29, 1.82) is 0 Å². The Morgan fingerprint density at radius 2 is 2.04 bits per heavy atom. The molecule has 2 aromatic rings. The summed E-state index contributed by atoms with van der Waals surface area (Å²) in [6, 6.07) is 8.59. The zero-order chi connectivity index (χ0) is 17.0. The van der Waals surface area contributed by atoms with Crippen LogP contribution in [0.4, 0.5) is 5.69 Å². The summed E-state index contributed by atoms with van der Waals surface area (Å²) in [7, 11) is 0. The highest BCUT2D eigenvalue weighted by Crippen LogP contribution is 2.21. The van der Waals surface area contributed by atoms with Crippen LogP contribution in [0.25, 0.3) is 0 Å². The summed E-state index contributed by atoms with van der Waals surface area (Å²) in [5.74, 6) is -0.642. The van der Waals surface area contributed by atoms with Crippen molar-refractivity contribution in [2.24, 2.45) is 5.73 Å². The number of thiophene rings is 1.